The van der Waals surface area contributed by atoms with E-state index < -0.39 is 17.8 Å². The predicted molar refractivity (Wildman–Crippen MR) is 62.5 cm³/mol. The van der Waals surface area contributed by atoms with Crippen LogP contribution in [0.15, 0.2) is 29.4 Å². The summed E-state index contributed by atoms with van der Waals surface area (Å²) < 4.78 is 37.3. The normalized spacial score (nSPS) is 10.5. The van der Waals surface area contributed by atoms with E-state index in [1.165, 1.54) is 12.1 Å². The molecule has 0 radical (unpaired) electrons. The van der Waals surface area contributed by atoms with E-state index in [0.717, 1.165) is 12.1 Å². The summed E-state index contributed by atoms with van der Waals surface area (Å²) in [7, 11) is 0. The number of azide groups is 1. The van der Waals surface area contributed by atoms with Gasteiger partial charge in [-0.2, -0.15) is 13.2 Å². The van der Waals surface area contributed by atoms with Gasteiger partial charge in [0.05, 0.1) is 5.56 Å². The molecule has 0 saturated carbocycles. The van der Waals surface area contributed by atoms with E-state index in [0.29, 0.717) is 0 Å². The smallest absolute Gasteiger partial charge is 0.338 e. The number of amides is 2. The SMILES string of the molecule is [N-]=[N+]=NCCNC(=O)Nc1cccc(C(F)(F)F)c1. The second kappa shape index (κ2) is 6.50. The molecule has 0 aliphatic heterocycles. The van der Waals surface area contributed by atoms with Gasteiger partial charge < -0.3 is 10.6 Å². The van der Waals surface area contributed by atoms with Crippen LogP contribution in [-0.2, 0) is 6.18 Å². The fourth-order valence-electron chi connectivity index (χ4n) is 1.21. The van der Waals surface area contributed by atoms with Crippen molar-refractivity contribution in [2.45, 2.75) is 6.18 Å². The largest absolute Gasteiger partial charge is 0.416 e. The summed E-state index contributed by atoms with van der Waals surface area (Å²) in [5.74, 6) is 0. The van der Waals surface area contributed by atoms with Gasteiger partial charge >= 0.3 is 12.2 Å². The summed E-state index contributed by atoms with van der Waals surface area (Å²) in [6.07, 6.45) is -4.46. The topological polar surface area (TPSA) is 89.9 Å². The molecule has 0 fully saturated rings. The highest BCUT2D eigenvalue weighted by Crippen LogP contribution is 2.30. The Bertz CT molecular complexity index is 496. The van der Waals surface area contributed by atoms with Crippen LogP contribution >= 0.6 is 0 Å². The van der Waals surface area contributed by atoms with Crippen LogP contribution in [0.25, 0.3) is 10.4 Å². The van der Waals surface area contributed by atoms with Crippen molar-refractivity contribution >= 4 is 11.7 Å². The molecule has 0 aliphatic rings. The summed E-state index contributed by atoms with van der Waals surface area (Å²) in [6.45, 7) is 0.154. The molecule has 9 heteroatoms. The number of alkyl halides is 3. The Morgan fingerprint density at radius 1 is 1.42 bits per heavy atom. The fraction of sp³-hybridized carbons (Fsp3) is 0.300. The quantitative estimate of drug-likeness (QED) is 0.375. The Morgan fingerprint density at radius 2 is 2.16 bits per heavy atom. The Hall–Kier alpha value is -2.41. The zero-order valence-electron chi connectivity index (χ0n) is 9.61. The maximum absolute atomic E-state index is 12.4. The first-order valence-corrected chi connectivity index (χ1v) is 5.16. The number of rotatable bonds is 4. The van der Waals surface area contributed by atoms with Gasteiger partial charge in [-0.15, -0.1) is 0 Å². The number of hydrogen-bond acceptors (Lipinski definition) is 2. The minimum Gasteiger partial charge on any atom is -0.338 e. The molecule has 0 aromatic heterocycles. The van der Waals surface area contributed by atoms with Crippen molar-refractivity contribution in [3.63, 3.8) is 0 Å². The van der Waals surface area contributed by atoms with Crippen LogP contribution in [0.3, 0.4) is 0 Å². The first-order valence-electron chi connectivity index (χ1n) is 5.16. The highest BCUT2D eigenvalue weighted by molar-refractivity contribution is 5.89. The third kappa shape index (κ3) is 5.17. The molecule has 0 saturated heterocycles. The van der Waals surface area contributed by atoms with E-state index in [-0.39, 0.29) is 18.8 Å². The molecule has 2 amide bonds. The summed E-state index contributed by atoms with van der Waals surface area (Å²) in [5, 5.41) is 7.76. The predicted octanol–water partition coefficient (Wildman–Crippen LogP) is 3.14. The molecular formula is C10H10F3N5O. The van der Waals surface area contributed by atoms with E-state index in [2.05, 4.69) is 20.7 Å². The highest BCUT2D eigenvalue weighted by atomic mass is 19.4. The zero-order chi connectivity index (χ0) is 14.3. The van der Waals surface area contributed by atoms with Gasteiger partial charge in [-0.05, 0) is 23.7 Å². The molecule has 1 aromatic carbocycles. The molecule has 102 valence electrons. The second-order valence-corrected chi connectivity index (χ2v) is 3.41. The van der Waals surface area contributed by atoms with E-state index >= 15 is 0 Å². The summed E-state index contributed by atoms with van der Waals surface area (Å²) in [5.41, 5.74) is 7.17. The molecule has 0 unspecified atom stereocenters. The van der Waals surface area contributed by atoms with E-state index in [9.17, 15) is 18.0 Å². The van der Waals surface area contributed by atoms with Gasteiger partial charge in [0.25, 0.3) is 0 Å². The van der Waals surface area contributed by atoms with Crippen molar-refractivity contribution in [1.29, 1.82) is 0 Å². The monoisotopic (exact) mass is 273 g/mol. The molecule has 19 heavy (non-hydrogen) atoms. The van der Waals surface area contributed by atoms with Crippen LogP contribution < -0.4 is 10.6 Å². The van der Waals surface area contributed by atoms with Crippen molar-refractivity contribution < 1.29 is 18.0 Å². The zero-order valence-corrected chi connectivity index (χ0v) is 9.61. The number of nitrogens with zero attached hydrogens (tertiary/aromatic N) is 3. The number of anilines is 1. The van der Waals surface area contributed by atoms with Crippen LogP contribution in [0.1, 0.15) is 5.56 Å². The van der Waals surface area contributed by atoms with E-state index in [1.54, 1.807) is 0 Å². The van der Waals surface area contributed by atoms with Crippen LogP contribution in [0.5, 0.6) is 0 Å². The maximum Gasteiger partial charge on any atom is 0.416 e. The summed E-state index contributed by atoms with van der Waals surface area (Å²) in [6, 6.07) is 3.59. The Morgan fingerprint density at radius 3 is 2.79 bits per heavy atom. The van der Waals surface area contributed by atoms with Crippen LogP contribution in [0.2, 0.25) is 0 Å². The van der Waals surface area contributed by atoms with Gasteiger partial charge in [-0.3, -0.25) is 0 Å². The number of halogens is 3. The van der Waals surface area contributed by atoms with Gasteiger partial charge in [-0.1, -0.05) is 11.2 Å². The van der Waals surface area contributed by atoms with Gasteiger partial charge in [0.15, 0.2) is 0 Å². The highest BCUT2D eigenvalue weighted by Gasteiger charge is 2.30. The molecule has 1 rings (SSSR count). The van der Waals surface area contributed by atoms with Gasteiger partial charge in [0.2, 0.25) is 0 Å². The minimum atomic E-state index is -4.46. The van der Waals surface area contributed by atoms with E-state index in [1.807, 2.05) is 0 Å². The van der Waals surface area contributed by atoms with Crippen molar-refractivity contribution in [2.75, 3.05) is 18.4 Å². The van der Waals surface area contributed by atoms with Crippen LogP contribution in [-0.4, -0.2) is 19.1 Å². The van der Waals surface area contributed by atoms with E-state index in [4.69, 9.17) is 5.53 Å². The maximum atomic E-state index is 12.4. The summed E-state index contributed by atoms with van der Waals surface area (Å²) in [4.78, 5) is 13.8. The lowest BCUT2D eigenvalue weighted by molar-refractivity contribution is -0.137. The lowest BCUT2D eigenvalue weighted by Crippen LogP contribution is -2.30. The second-order valence-electron chi connectivity index (χ2n) is 3.41. The molecule has 1 aromatic rings. The van der Waals surface area contributed by atoms with Gasteiger partial charge in [0.1, 0.15) is 0 Å². The Labute approximate surface area is 106 Å². The van der Waals surface area contributed by atoms with Crippen molar-refractivity contribution in [2.24, 2.45) is 5.11 Å². The van der Waals surface area contributed by atoms with Gasteiger partial charge in [0, 0.05) is 23.7 Å². The average molecular weight is 273 g/mol. The van der Waals surface area contributed by atoms with Crippen molar-refractivity contribution in [3.8, 4) is 0 Å². The molecule has 0 heterocycles. The Balaban J connectivity index is 2.57. The first-order chi connectivity index (χ1) is 8.93. The number of benzene rings is 1. The summed E-state index contributed by atoms with van der Waals surface area (Å²) >= 11 is 0. The number of urea groups is 1. The molecule has 0 bridgehead atoms. The average Bonchev–Trinajstić information content (AvgIpc) is 2.34. The molecule has 6 nitrogen and oxygen atoms in total. The van der Waals surface area contributed by atoms with Crippen LogP contribution in [0.4, 0.5) is 23.7 Å². The number of nitrogens with one attached hydrogen (secondary N) is 2. The molecule has 0 aliphatic carbocycles. The third-order valence-electron chi connectivity index (χ3n) is 2.01. The van der Waals surface area contributed by atoms with Crippen LogP contribution in [0, 0.1) is 0 Å². The molecule has 0 atom stereocenters. The Kier molecular flexibility index (Phi) is 5.01. The lowest BCUT2D eigenvalue weighted by Gasteiger charge is -2.10. The molecule has 0 spiro atoms. The number of carbonyl (C=O) groups excluding carboxylic acids is 1. The molecule has 2 N–H and O–H groups in total. The standard InChI is InChI=1S/C10H10F3N5O/c11-10(12,13)7-2-1-3-8(6-7)17-9(19)15-4-5-16-18-14/h1-3,6H,4-5H2,(H2,15,17,19). The fourth-order valence-corrected chi connectivity index (χ4v) is 1.21. The van der Waals surface area contributed by atoms with Crippen molar-refractivity contribution in [3.05, 3.63) is 40.3 Å². The number of hydrogen-bond donors (Lipinski definition) is 2. The van der Waals surface area contributed by atoms with Crippen molar-refractivity contribution in [1.82, 2.24) is 5.32 Å². The third-order valence-corrected chi connectivity index (χ3v) is 2.01. The minimum absolute atomic E-state index is 0.0242. The lowest BCUT2D eigenvalue weighted by atomic mass is 10.2. The number of carbonyl (C=O) groups is 1. The molecular weight excluding hydrogens is 263 g/mol. The first kappa shape index (κ1) is 14.7. The van der Waals surface area contributed by atoms with Gasteiger partial charge in [-0.25, -0.2) is 4.79 Å².